The van der Waals surface area contributed by atoms with Gasteiger partial charge in [-0.1, -0.05) is 58.3 Å². The van der Waals surface area contributed by atoms with E-state index in [0.29, 0.717) is 18.3 Å². The number of Topliss-reactive ketones (excluding diaryl/α,β-unsaturated/α-hetero) is 1. The molecule has 0 saturated heterocycles. The molecule has 1 fully saturated rings. The zero-order valence-electron chi connectivity index (χ0n) is 23.3. The Balaban J connectivity index is 1.44. The first kappa shape index (κ1) is 31.5. The lowest BCUT2D eigenvalue weighted by molar-refractivity contribution is -0.119. The van der Waals surface area contributed by atoms with Gasteiger partial charge in [-0.05, 0) is 69.9 Å². The summed E-state index contributed by atoms with van der Waals surface area (Å²) < 4.78 is 44.9. The minimum absolute atomic E-state index is 0.0542. The van der Waals surface area contributed by atoms with Crippen molar-refractivity contribution in [1.29, 1.82) is 0 Å². The summed E-state index contributed by atoms with van der Waals surface area (Å²) in [6, 6.07) is 2.85. The van der Waals surface area contributed by atoms with Crippen LogP contribution in [0.2, 0.25) is 0 Å². The summed E-state index contributed by atoms with van der Waals surface area (Å²) in [5.41, 5.74) is 0. The van der Waals surface area contributed by atoms with Crippen molar-refractivity contribution >= 4 is 5.78 Å². The molecule has 1 saturated carbocycles. The molecule has 1 aromatic rings. The van der Waals surface area contributed by atoms with Crippen LogP contribution in [0, 0.1) is 17.6 Å². The zero-order valence-corrected chi connectivity index (χ0v) is 23.3. The van der Waals surface area contributed by atoms with E-state index in [-0.39, 0.29) is 24.2 Å². The Kier molecular flexibility index (Phi) is 16.5. The molecule has 1 aliphatic rings. The van der Waals surface area contributed by atoms with Crippen molar-refractivity contribution < 1.29 is 27.8 Å². The van der Waals surface area contributed by atoms with Crippen molar-refractivity contribution in [2.75, 3.05) is 19.8 Å². The quantitative estimate of drug-likeness (QED) is 0.151. The molecule has 0 aliphatic heterocycles. The van der Waals surface area contributed by atoms with Gasteiger partial charge in [0.2, 0.25) is 11.6 Å². The zero-order chi connectivity index (χ0) is 26.7. The summed E-state index contributed by atoms with van der Waals surface area (Å²) in [4.78, 5) is 12.0. The van der Waals surface area contributed by atoms with Gasteiger partial charge in [-0.2, -0.15) is 8.78 Å². The van der Waals surface area contributed by atoms with Crippen molar-refractivity contribution in [3.8, 4) is 11.5 Å². The second kappa shape index (κ2) is 19.4. The predicted molar refractivity (Wildman–Crippen MR) is 145 cm³/mol. The van der Waals surface area contributed by atoms with Gasteiger partial charge in [0.1, 0.15) is 5.78 Å². The smallest absolute Gasteiger partial charge is 0.204 e. The number of hydrogen-bond acceptors (Lipinski definition) is 4. The molecule has 0 N–H and O–H groups in total. The Morgan fingerprint density at radius 1 is 0.757 bits per heavy atom. The molecule has 2 rings (SSSR count). The number of halogens is 2. The molecule has 0 unspecified atom stereocenters. The Morgan fingerprint density at radius 3 is 1.89 bits per heavy atom. The normalized spacial score (nSPS) is 17.6. The van der Waals surface area contributed by atoms with Gasteiger partial charge in [0, 0.05) is 19.4 Å². The highest BCUT2D eigenvalue weighted by Crippen LogP contribution is 2.30. The van der Waals surface area contributed by atoms with Gasteiger partial charge in [0.25, 0.3) is 0 Å². The Labute approximate surface area is 223 Å². The molecule has 0 spiro atoms. The Morgan fingerprint density at radius 2 is 1.30 bits per heavy atom. The molecule has 1 aliphatic carbocycles. The molecule has 6 heteroatoms. The van der Waals surface area contributed by atoms with Crippen LogP contribution in [0.3, 0.4) is 0 Å². The van der Waals surface area contributed by atoms with E-state index >= 15 is 0 Å². The maximum atomic E-state index is 14.2. The lowest BCUT2D eigenvalue weighted by atomic mass is 9.88. The first-order valence-electron chi connectivity index (χ1n) is 14.9. The molecule has 37 heavy (non-hydrogen) atoms. The van der Waals surface area contributed by atoms with E-state index in [4.69, 9.17) is 14.2 Å². The molecule has 4 nitrogen and oxygen atoms in total. The number of carbonyl (C=O) groups excluding carboxylic acids is 1. The predicted octanol–water partition coefficient (Wildman–Crippen LogP) is 8.98. The number of ketones is 1. The maximum Gasteiger partial charge on any atom is 0.204 e. The summed E-state index contributed by atoms with van der Waals surface area (Å²) >= 11 is 0. The lowest BCUT2D eigenvalue weighted by Gasteiger charge is -2.28. The molecular formula is C31H50F2O4. The highest BCUT2D eigenvalue weighted by Gasteiger charge is 2.23. The van der Waals surface area contributed by atoms with Crippen molar-refractivity contribution in [2.24, 2.45) is 5.92 Å². The van der Waals surface area contributed by atoms with Crippen LogP contribution in [0.15, 0.2) is 12.1 Å². The van der Waals surface area contributed by atoms with E-state index in [1.165, 1.54) is 50.7 Å². The third-order valence-electron chi connectivity index (χ3n) is 7.34. The van der Waals surface area contributed by atoms with E-state index in [1.54, 1.807) is 6.92 Å². The summed E-state index contributed by atoms with van der Waals surface area (Å²) in [7, 11) is 0. The van der Waals surface area contributed by atoms with Crippen LogP contribution in [0.5, 0.6) is 11.5 Å². The van der Waals surface area contributed by atoms with Crippen molar-refractivity contribution in [2.45, 2.75) is 129 Å². The first-order chi connectivity index (χ1) is 18.0. The summed E-state index contributed by atoms with van der Waals surface area (Å²) in [6.45, 7) is 5.41. The number of unbranched alkanes of at least 4 members (excludes halogenated alkanes) is 9. The summed E-state index contributed by atoms with van der Waals surface area (Å²) in [5.74, 6) is -1.34. The van der Waals surface area contributed by atoms with Crippen molar-refractivity contribution in [3.63, 3.8) is 0 Å². The number of hydrogen-bond donors (Lipinski definition) is 0. The Bertz CT molecular complexity index is 747. The van der Waals surface area contributed by atoms with Crippen LogP contribution in [0.4, 0.5) is 8.78 Å². The summed E-state index contributed by atoms with van der Waals surface area (Å²) in [6.07, 6.45) is 18.7. The van der Waals surface area contributed by atoms with E-state index in [2.05, 4.69) is 6.92 Å². The van der Waals surface area contributed by atoms with Crippen molar-refractivity contribution in [3.05, 3.63) is 23.8 Å². The molecule has 0 aromatic heterocycles. The molecule has 0 bridgehead atoms. The first-order valence-corrected chi connectivity index (χ1v) is 14.9. The maximum absolute atomic E-state index is 14.2. The van der Waals surface area contributed by atoms with E-state index < -0.39 is 11.6 Å². The molecule has 0 radical (unpaired) electrons. The van der Waals surface area contributed by atoms with Crippen LogP contribution in [-0.4, -0.2) is 31.7 Å². The van der Waals surface area contributed by atoms with Crippen LogP contribution < -0.4 is 9.47 Å². The second-order valence-corrected chi connectivity index (χ2v) is 10.5. The standard InChI is InChI=1S/C31H50F2O4/c1-3-5-6-7-9-12-15-26(34)16-13-10-8-11-14-23-36-27-19-17-25(18-20-27)24-37-29-22-21-28(35-4-2)30(32)31(29)33/h21-22,25,27H,3-20,23-24H2,1-2H3. The monoisotopic (exact) mass is 524 g/mol. The SMILES string of the molecule is CCCCCCCCC(=O)CCCCCCCOC1CCC(COc2ccc(OCC)c(F)c2F)CC1. The van der Waals surface area contributed by atoms with Gasteiger partial charge in [0.05, 0.1) is 19.3 Å². The topological polar surface area (TPSA) is 44.8 Å². The fraction of sp³-hybridized carbons (Fsp3) is 0.774. The molecular weight excluding hydrogens is 474 g/mol. The van der Waals surface area contributed by atoms with Crippen LogP contribution in [0.1, 0.15) is 123 Å². The molecule has 212 valence electrons. The minimum atomic E-state index is -0.992. The van der Waals surface area contributed by atoms with E-state index in [9.17, 15) is 13.6 Å². The molecule has 0 heterocycles. The average Bonchev–Trinajstić information content (AvgIpc) is 2.90. The van der Waals surface area contributed by atoms with Gasteiger partial charge in [0.15, 0.2) is 11.5 Å². The Hall–Kier alpha value is -1.69. The molecule has 0 atom stereocenters. The third kappa shape index (κ3) is 13.1. The number of benzene rings is 1. The van der Waals surface area contributed by atoms with E-state index in [0.717, 1.165) is 77.2 Å². The van der Waals surface area contributed by atoms with Crippen LogP contribution in [0.25, 0.3) is 0 Å². The van der Waals surface area contributed by atoms with Gasteiger partial charge in [-0.25, -0.2) is 0 Å². The molecule has 0 amide bonds. The molecule has 1 aromatic carbocycles. The van der Waals surface area contributed by atoms with Crippen molar-refractivity contribution in [1.82, 2.24) is 0 Å². The fourth-order valence-corrected chi connectivity index (χ4v) is 5.00. The van der Waals surface area contributed by atoms with Gasteiger partial charge >= 0.3 is 0 Å². The minimum Gasteiger partial charge on any atom is -0.491 e. The number of ether oxygens (including phenoxy) is 3. The van der Waals surface area contributed by atoms with Gasteiger partial charge in [-0.15, -0.1) is 0 Å². The fourth-order valence-electron chi connectivity index (χ4n) is 5.00. The highest BCUT2D eigenvalue weighted by molar-refractivity contribution is 5.78. The van der Waals surface area contributed by atoms with Crippen LogP contribution >= 0.6 is 0 Å². The second-order valence-electron chi connectivity index (χ2n) is 10.5. The van der Waals surface area contributed by atoms with Gasteiger partial charge < -0.3 is 14.2 Å². The number of carbonyl (C=O) groups is 1. The third-order valence-corrected chi connectivity index (χ3v) is 7.34. The van der Waals surface area contributed by atoms with E-state index in [1.807, 2.05) is 0 Å². The highest BCUT2D eigenvalue weighted by atomic mass is 19.2. The average molecular weight is 525 g/mol. The summed E-state index contributed by atoms with van der Waals surface area (Å²) in [5, 5.41) is 0. The number of rotatable bonds is 21. The lowest BCUT2D eigenvalue weighted by Crippen LogP contribution is -2.25. The van der Waals surface area contributed by atoms with Crippen LogP contribution in [-0.2, 0) is 9.53 Å². The van der Waals surface area contributed by atoms with Gasteiger partial charge in [-0.3, -0.25) is 4.79 Å². The largest absolute Gasteiger partial charge is 0.491 e.